The van der Waals surface area contributed by atoms with Crippen molar-refractivity contribution in [1.82, 2.24) is 4.98 Å². The molecule has 4 heteroatoms. The number of hydrogen-bond acceptors (Lipinski definition) is 1. The second-order valence-electron chi connectivity index (χ2n) is 4.01. The second-order valence-corrected chi connectivity index (χ2v) is 4.01. The minimum absolute atomic E-state index is 0.0869. The molecule has 2 nitrogen and oxygen atoms in total. The zero-order valence-corrected chi connectivity index (χ0v) is 9.45. The standard InChI is InChI=1S/C13H14F2N2/c1-8(16)12-10(7-11(17-12)13(14)15)9-5-3-2-4-6-9/h2-8,13,17H,16H2,1H3/t8-/m0/s1. The van der Waals surface area contributed by atoms with E-state index < -0.39 is 6.43 Å². The fourth-order valence-corrected chi connectivity index (χ4v) is 1.83. The minimum Gasteiger partial charge on any atom is -0.356 e. The number of aromatic nitrogens is 1. The van der Waals surface area contributed by atoms with Crippen LogP contribution in [0.2, 0.25) is 0 Å². The molecule has 0 amide bonds. The number of benzene rings is 1. The average Bonchev–Trinajstić information content (AvgIpc) is 2.75. The van der Waals surface area contributed by atoms with Gasteiger partial charge in [-0.25, -0.2) is 8.78 Å². The van der Waals surface area contributed by atoms with E-state index in [4.69, 9.17) is 5.73 Å². The molecule has 1 aromatic carbocycles. The quantitative estimate of drug-likeness (QED) is 0.839. The molecule has 1 atom stereocenters. The SMILES string of the molecule is C[C@H](N)c1[nH]c(C(F)F)cc1-c1ccccc1. The summed E-state index contributed by atoms with van der Waals surface area (Å²) in [5.41, 5.74) is 7.99. The van der Waals surface area contributed by atoms with Crippen molar-refractivity contribution in [3.8, 4) is 11.1 Å². The van der Waals surface area contributed by atoms with E-state index in [-0.39, 0.29) is 11.7 Å². The third-order valence-corrected chi connectivity index (χ3v) is 2.64. The van der Waals surface area contributed by atoms with Gasteiger partial charge in [0.05, 0.1) is 5.69 Å². The molecule has 0 saturated carbocycles. The molecule has 2 aromatic rings. The van der Waals surface area contributed by atoms with Crippen LogP contribution in [0.3, 0.4) is 0 Å². The van der Waals surface area contributed by atoms with E-state index in [1.54, 1.807) is 6.92 Å². The van der Waals surface area contributed by atoms with Crippen LogP contribution in [0.4, 0.5) is 8.78 Å². The van der Waals surface area contributed by atoms with Gasteiger partial charge < -0.3 is 10.7 Å². The van der Waals surface area contributed by atoms with Gasteiger partial charge >= 0.3 is 0 Å². The number of nitrogens with one attached hydrogen (secondary N) is 1. The smallest absolute Gasteiger partial charge is 0.278 e. The lowest BCUT2D eigenvalue weighted by atomic mass is 10.0. The van der Waals surface area contributed by atoms with Gasteiger partial charge in [0, 0.05) is 17.3 Å². The molecule has 3 N–H and O–H groups in total. The number of halogens is 2. The van der Waals surface area contributed by atoms with Crippen molar-refractivity contribution in [3.63, 3.8) is 0 Å². The van der Waals surface area contributed by atoms with Crippen LogP contribution in [0, 0.1) is 0 Å². The van der Waals surface area contributed by atoms with Gasteiger partial charge in [-0.3, -0.25) is 0 Å². The molecular formula is C13H14F2N2. The number of rotatable bonds is 3. The molecule has 0 aliphatic heterocycles. The molecule has 0 radical (unpaired) electrons. The van der Waals surface area contributed by atoms with Crippen LogP contribution in [0.25, 0.3) is 11.1 Å². The van der Waals surface area contributed by atoms with Gasteiger partial charge in [-0.1, -0.05) is 30.3 Å². The number of hydrogen-bond donors (Lipinski definition) is 2. The highest BCUT2D eigenvalue weighted by atomic mass is 19.3. The summed E-state index contributed by atoms with van der Waals surface area (Å²) in [5.74, 6) is 0. The Morgan fingerprint density at radius 3 is 2.35 bits per heavy atom. The summed E-state index contributed by atoms with van der Waals surface area (Å²) < 4.78 is 25.3. The summed E-state index contributed by atoms with van der Waals surface area (Å²) in [7, 11) is 0. The van der Waals surface area contributed by atoms with Gasteiger partial charge in [-0.15, -0.1) is 0 Å². The summed E-state index contributed by atoms with van der Waals surface area (Å²) >= 11 is 0. The maximum Gasteiger partial charge on any atom is 0.278 e. The fraction of sp³-hybridized carbons (Fsp3) is 0.231. The summed E-state index contributed by atoms with van der Waals surface area (Å²) in [6.07, 6.45) is -2.51. The first-order chi connectivity index (χ1) is 8.09. The molecule has 0 saturated heterocycles. The number of H-pyrrole nitrogens is 1. The highest BCUT2D eigenvalue weighted by molar-refractivity contribution is 5.67. The first-order valence-electron chi connectivity index (χ1n) is 5.41. The van der Waals surface area contributed by atoms with E-state index in [1.807, 2.05) is 30.3 Å². The van der Waals surface area contributed by atoms with Crippen molar-refractivity contribution in [2.45, 2.75) is 19.4 Å². The molecule has 17 heavy (non-hydrogen) atoms. The van der Waals surface area contributed by atoms with E-state index in [9.17, 15) is 8.78 Å². The Morgan fingerprint density at radius 2 is 1.82 bits per heavy atom. The molecule has 0 spiro atoms. The van der Waals surface area contributed by atoms with Crippen molar-refractivity contribution in [3.05, 3.63) is 47.8 Å². The Hall–Kier alpha value is -1.68. The Kier molecular flexibility index (Phi) is 3.24. The van der Waals surface area contributed by atoms with E-state index in [0.717, 1.165) is 11.1 Å². The largest absolute Gasteiger partial charge is 0.356 e. The van der Waals surface area contributed by atoms with Crippen LogP contribution in [-0.4, -0.2) is 4.98 Å². The molecule has 90 valence electrons. The van der Waals surface area contributed by atoms with Gasteiger partial charge in [-0.2, -0.15) is 0 Å². The van der Waals surface area contributed by atoms with Gasteiger partial charge in [0.2, 0.25) is 0 Å². The van der Waals surface area contributed by atoms with Gasteiger partial charge in [0.1, 0.15) is 0 Å². The first kappa shape index (κ1) is 11.8. The topological polar surface area (TPSA) is 41.8 Å². The lowest BCUT2D eigenvalue weighted by molar-refractivity contribution is 0.146. The first-order valence-corrected chi connectivity index (χ1v) is 5.41. The van der Waals surface area contributed by atoms with E-state index >= 15 is 0 Å². The summed E-state index contributed by atoms with van der Waals surface area (Å²) in [4.78, 5) is 2.70. The van der Waals surface area contributed by atoms with Crippen LogP contribution in [0.15, 0.2) is 36.4 Å². The Bertz CT molecular complexity index is 489. The monoisotopic (exact) mass is 236 g/mol. The number of nitrogens with two attached hydrogens (primary N) is 1. The zero-order chi connectivity index (χ0) is 12.4. The number of aromatic amines is 1. The third kappa shape index (κ3) is 2.36. The summed E-state index contributed by atoms with van der Waals surface area (Å²) in [6, 6.07) is 10.5. The van der Waals surface area contributed by atoms with Crippen LogP contribution >= 0.6 is 0 Å². The van der Waals surface area contributed by atoms with Crippen LogP contribution in [0.5, 0.6) is 0 Å². The third-order valence-electron chi connectivity index (χ3n) is 2.64. The van der Waals surface area contributed by atoms with Gasteiger partial charge in [0.15, 0.2) is 0 Å². The fourth-order valence-electron chi connectivity index (χ4n) is 1.83. The maximum absolute atomic E-state index is 12.7. The van der Waals surface area contributed by atoms with Crippen LogP contribution in [0.1, 0.15) is 30.8 Å². The zero-order valence-electron chi connectivity index (χ0n) is 9.45. The minimum atomic E-state index is -2.51. The summed E-state index contributed by atoms with van der Waals surface area (Å²) in [5, 5.41) is 0. The molecule has 0 fully saturated rings. The molecule has 0 aliphatic rings. The maximum atomic E-state index is 12.7. The predicted molar refractivity (Wildman–Crippen MR) is 63.8 cm³/mol. The molecular weight excluding hydrogens is 222 g/mol. The normalized spacial score (nSPS) is 13.0. The Morgan fingerprint density at radius 1 is 1.18 bits per heavy atom. The van der Waals surface area contributed by atoms with Gasteiger partial charge in [-0.05, 0) is 18.6 Å². The van der Waals surface area contributed by atoms with Crippen molar-refractivity contribution in [1.29, 1.82) is 0 Å². The predicted octanol–water partition coefficient (Wildman–Crippen LogP) is 3.64. The Labute approximate surface area is 98.5 Å². The molecule has 0 unspecified atom stereocenters. The average molecular weight is 236 g/mol. The molecule has 1 aromatic heterocycles. The van der Waals surface area contributed by atoms with Crippen molar-refractivity contribution in [2.24, 2.45) is 5.73 Å². The van der Waals surface area contributed by atoms with Gasteiger partial charge in [0.25, 0.3) is 6.43 Å². The number of alkyl halides is 2. The second kappa shape index (κ2) is 4.67. The molecule has 0 aliphatic carbocycles. The lowest BCUT2D eigenvalue weighted by Gasteiger charge is -2.07. The molecule has 1 heterocycles. The lowest BCUT2D eigenvalue weighted by Crippen LogP contribution is -2.06. The van der Waals surface area contributed by atoms with E-state index in [1.165, 1.54) is 6.07 Å². The van der Waals surface area contributed by atoms with Crippen molar-refractivity contribution >= 4 is 0 Å². The highest BCUT2D eigenvalue weighted by Crippen LogP contribution is 2.31. The van der Waals surface area contributed by atoms with E-state index in [2.05, 4.69) is 4.98 Å². The summed E-state index contributed by atoms with van der Waals surface area (Å²) in [6.45, 7) is 1.77. The molecule has 0 bridgehead atoms. The van der Waals surface area contributed by atoms with Crippen LogP contribution in [-0.2, 0) is 0 Å². The van der Waals surface area contributed by atoms with Crippen LogP contribution < -0.4 is 5.73 Å². The van der Waals surface area contributed by atoms with Crippen molar-refractivity contribution in [2.75, 3.05) is 0 Å². The van der Waals surface area contributed by atoms with Crippen molar-refractivity contribution < 1.29 is 8.78 Å². The Balaban J connectivity index is 2.52. The highest BCUT2D eigenvalue weighted by Gasteiger charge is 2.17. The molecule has 2 rings (SSSR count). The van der Waals surface area contributed by atoms with E-state index in [0.29, 0.717) is 5.69 Å².